The first-order valence-electron chi connectivity index (χ1n) is 9.24. The summed E-state index contributed by atoms with van der Waals surface area (Å²) >= 11 is 0. The maximum absolute atomic E-state index is 11.6. The number of aliphatic imine (C=N–C) groups is 1. The molecule has 1 aromatic heterocycles. The van der Waals surface area contributed by atoms with Crippen LogP contribution >= 0.6 is 24.0 Å². The van der Waals surface area contributed by atoms with E-state index >= 15 is 0 Å². The van der Waals surface area contributed by atoms with Gasteiger partial charge < -0.3 is 10.6 Å². The summed E-state index contributed by atoms with van der Waals surface area (Å²) in [5, 5.41) is 11.3. The molecule has 1 aromatic rings. The number of rotatable bonds is 5. The molecule has 0 bridgehead atoms. The molecular weight excluding hydrogens is 465 g/mol. The Hall–Kier alpha value is -0.840. The summed E-state index contributed by atoms with van der Waals surface area (Å²) in [7, 11) is -0.940. The first-order chi connectivity index (χ1) is 12.0. The van der Waals surface area contributed by atoms with Gasteiger partial charge in [0.15, 0.2) is 15.8 Å². The molecule has 7 nitrogen and oxygen atoms in total. The van der Waals surface area contributed by atoms with Crippen LogP contribution in [0.2, 0.25) is 0 Å². The summed E-state index contributed by atoms with van der Waals surface area (Å²) in [5.74, 6) is 1.56. The molecule has 0 radical (unpaired) electrons. The second-order valence-electron chi connectivity index (χ2n) is 7.27. The number of guanidine groups is 1. The van der Waals surface area contributed by atoms with Crippen LogP contribution < -0.4 is 10.6 Å². The summed E-state index contributed by atoms with van der Waals surface area (Å²) in [4.78, 5) is 4.67. The third kappa shape index (κ3) is 6.71. The van der Waals surface area contributed by atoms with Crippen LogP contribution in [0, 0.1) is 5.92 Å². The Kier molecular flexibility index (Phi) is 8.18. The molecular formula is C17H30IN5O2S. The van der Waals surface area contributed by atoms with Crippen molar-refractivity contribution in [2.75, 3.05) is 18.1 Å². The van der Waals surface area contributed by atoms with Crippen molar-refractivity contribution < 1.29 is 8.42 Å². The number of aryl methyl sites for hydroxylation is 1. The van der Waals surface area contributed by atoms with Crippen LogP contribution in [0.3, 0.4) is 0 Å². The van der Waals surface area contributed by atoms with Crippen molar-refractivity contribution in [2.45, 2.75) is 51.1 Å². The minimum Gasteiger partial charge on any atom is -0.356 e. The van der Waals surface area contributed by atoms with Gasteiger partial charge >= 0.3 is 0 Å². The van der Waals surface area contributed by atoms with Gasteiger partial charge in [-0.1, -0.05) is 19.3 Å². The van der Waals surface area contributed by atoms with Crippen LogP contribution in [0.5, 0.6) is 0 Å². The van der Waals surface area contributed by atoms with Crippen LogP contribution in [0.1, 0.15) is 44.2 Å². The van der Waals surface area contributed by atoms with Crippen LogP contribution in [-0.2, 0) is 23.4 Å². The van der Waals surface area contributed by atoms with Gasteiger partial charge in [-0.15, -0.1) is 24.0 Å². The van der Waals surface area contributed by atoms with E-state index in [1.165, 1.54) is 32.1 Å². The van der Waals surface area contributed by atoms with E-state index in [4.69, 9.17) is 0 Å². The van der Waals surface area contributed by atoms with E-state index < -0.39 is 9.84 Å². The maximum Gasteiger partial charge on any atom is 0.191 e. The molecule has 2 heterocycles. The van der Waals surface area contributed by atoms with Crippen LogP contribution in [0.15, 0.2) is 17.3 Å². The number of halogens is 1. The molecule has 9 heteroatoms. The SMILES string of the molecule is Cn1ccc(CN=C(NCC2CCS(=O)(=O)C2)NC2CCCCC2)n1.I. The van der Waals surface area contributed by atoms with Crippen molar-refractivity contribution in [3.8, 4) is 0 Å². The number of sulfone groups is 1. The van der Waals surface area contributed by atoms with Gasteiger partial charge in [-0.3, -0.25) is 4.68 Å². The standard InChI is InChI=1S/C17H29N5O2S.HI/c1-22-9-7-16(21-22)12-19-17(20-15-5-3-2-4-6-15)18-11-14-8-10-25(23,24)13-14;/h7,9,14-15H,2-6,8,10-13H2,1H3,(H2,18,19,20);1H. The van der Waals surface area contributed by atoms with Gasteiger partial charge in [0.05, 0.1) is 23.7 Å². The minimum atomic E-state index is -2.84. The van der Waals surface area contributed by atoms with Crippen LogP contribution in [0.25, 0.3) is 0 Å². The predicted octanol–water partition coefficient (Wildman–Crippen LogP) is 1.84. The number of nitrogens with one attached hydrogen (secondary N) is 2. The largest absolute Gasteiger partial charge is 0.356 e. The number of hydrogen-bond acceptors (Lipinski definition) is 4. The Morgan fingerprint density at radius 2 is 2.08 bits per heavy atom. The molecule has 1 atom stereocenters. The summed E-state index contributed by atoms with van der Waals surface area (Å²) in [6.45, 7) is 1.17. The van der Waals surface area contributed by atoms with E-state index in [0.29, 0.717) is 24.9 Å². The maximum atomic E-state index is 11.6. The van der Waals surface area contributed by atoms with Crippen LogP contribution in [-0.4, -0.2) is 48.3 Å². The first kappa shape index (κ1) is 21.5. The highest BCUT2D eigenvalue weighted by molar-refractivity contribution is 14.0. The fourth-order valence-corrected chi connectivity index (χ4v) is 5.44. The molecule has 3 rings (SSSR count). The number of aromatic nitrogens is 2. The molecule has 2 fully saturated rings. The molecule has 26 heavy (non-hydrogen) atoms. The van der Waals surface area contributed by atoms with Crippen molar-refractivity contribution in [3.05, 3.63) is 18.0 Å². The Bertz CT molecular complexity index is 698. The quantitative estimate of drug-likeness (QED) is 0.370. The first-order valence-corrected chi connectivity index (χ1v) is 11.1. The smallest absolute Gasteiger partial charge is 0.191 e. The second-order valence-corrected chi connectivity index (χ2v) is 9.50. The lowest BCUT2D eigenvalue weighted by Crippen LogP contribution is -2.45. The van der Waals surface area contributed by atoms with Gasteiger partial charge in [-0.05, 0) is 31.2 Å². The molecule has 1 saturated carbocycles. The fourth-order valence-electron chi connectivity index (χ4n) is 3.57. The zero-order valence-corrected chi connectivity index (χ0v) is 18.5. The fraction of sp³-hybridized carbons (Fsp3) is 0.765. The molecule has 0 aromatic carbocycles. The summed E-state index contributed by atoms with van der Waals surface area (Å²) in [5.41, 5.74) is 0.927. The Labute approximate surface area is 173 Å². The van der Waals surface area contributed by atoms with Crippen molar-refractivity contribution in [3.63, 3.8) is 0 Å². The van der Waals surface area contributed by atoms with Gasteiger partial charge in [0.1, 0.15) is 0 Å². The number of nitrogens with zero attached hydrogens (tertiary/aromatic N) is 3. The second kappa shape index (κ2) is 9.91. The molecule has 1 unspecified atom stereocenters. The van der Waals surface area contributed by atoms with E-state index in [1.807, 2.05) is 19.3 Å². The van der Waals surface area contributed by atoms with E-state index in [-0.39, 0.29) is 35.6 Å². The highest BCUT2D eigenvalue weighted by Gasteiger charge is 2.28. The third-order valence-electron chi connectivity index (χ3n) is 5.00. The molecule has 1 saturated heterocycles. The van der Waals surface area contributed by atoms with E-state index in [9.17, 15) is 8.42 Å². The topological polar surface area (TPSA) is 88.4 Å². The monoisotopic (exact) mass is 495 g/mol. The summed E-state index contributed by atoms with van der Waals surface area (Å²) in [6, 6.07) is 2.42. The van der Waals surface area contributed by atoms with Crippen LogP contribution in [0.4, 0.5) is 0 Å². The van der Waals surface area contributed by atoms with Gasteiger partial charge in [0.2, 0.25) is 0 Å². The molecule has 1 aliphatic heterocycles. The average molecular weight is 495 g/mol. The highest BCUT2D eigenvalue weighted by Crippen LogP contribution is 2.18. The molecule has 0 spiro atoms. The van der Waals surface area contributed by atoms with E-state index in [0.717, 1.165) is 18.1 Å². The number of hydrogen-bond donors (Lipinski definition) is 2. The highest BCUT2D eigenvalue weighted by atomic mass is 127. The zero-order chi connectivity index (χ0) is 17.7. The van der Waals surface area contributed by atoms with Gasteiger partial charge in [0.25, 0.3) is 0 Å². The normalized spacial score (nSPS) is 23.4. The average Bonchev–Trinajstić information content (AvgIpc) is 3.16. The van der Waals surface area contributed by atoms with Crippen molar-refractivity contribution in [1.82, 2.24) is 20.4 Å². The van der Waals surface area contributed by atoms with Gasteiger partial charge in [-0.25, -0.2) is 13.4 Å². The van der Waals surface area contributed by atoms with E-state index in [1.54, 1.807) is 4.68 Å². The van der Waals surface area contributed by atoms with E-state index in [2.05, 4.69) is 20.7 Å². The predicted molar refractivity (Wildman–Crippen MR) is 115 cm³/mol. The Balaban J connectivity index is 0.00000243. The third-order valence-corrected chi connectivity index (χ3v) is 6.84. The van der Waals surface area contributed by atoms with Gasteiger partial charge in [-0.2, -0.15) is 5.10 Å². The van der Waals surface area contributed by atoms with Crippen molar-refractivity contribution in [2.24, 2.45) is 18.0 Å². The lowest BCUT2D eigenvalue weighted by atomic mass is 9.96. The van der Waals surface area contributed by atoms with Gasteiger partial charge in [0, 0.05) is 25.8 Å². The minimum absolute atomic E-state index is 0. The molecule has 0 amide bonds. The molecule has 148 valence electrons. The Morgan fingerprint density at radius 3 is 2.69 bits per heavy atom. The zero-order valence-electron chi connectivity index (χ0n) is 15.4. The lowest BCUT2D eigenvalue weighted by Gasteiger charge is -2.25. The Morgan fingerprint density at radius 1 is 1.31 bits per heavy atom. The van der Waals surface area contributed by atoms with Crippen molar-refractivity contribution in [1.29, 1.82) is 0 Å². The molecule has 1 aliphatic carbocycles. The van der Waals surface area contributed by atoms with Crippen molar-refractivity contribution >= 4 is 39.8 Å². The summed E-state index contributed by atoms with van der Waals surface area (Å²) < 4.78 is 25.0. The summed E-state index contributed by atoms with van der Waals surface area (Å²) in [6.07, 6.45) is 8.82. The molecule has 2 aliphatic rings. The molecule has 2 N–H and O–H groups in total. The lowest BCUT2D eigenvalue weighted by molar-refractivity contribution is 0.408.